The van der Waals surface area contributed by atoms with Crippen LogP contribution in [0.2, 0.25) is 0 Å². The molecule has 0 amide bonds. The molecule has 5 heteroatoms. The van der Waals surface area contributed by atoms with E-state index in [1.54, 1.807) is 18.5 Å². The Bertz CT molecular complexity index is 1200. The number of pyridine rings is 1. The molecule has 0 radical (unpaired) electrons. The summed E-state index contributed by atoms with van der Waals surface area (Å²) in [6.45, 7) is 4.03. The summed E-state index contributed by atoms with van der Waals surface area (Å²) in [5, 5.41) is 5.94. The van der Waals surface area contributed by atoms with Gasteiger partial charge < -0.3 is 4.57 Å². The van der Waals surface area contributed by atoms with E-state index >= 15 is 0 Å². The minimum Gasteiger partial charge on any atom is -0.317 e. The van der Waals surface area contributed by atoms with Crippen molar-refractivity contribution < 1.29 is 0 Å². The standard InChI is InChI=1S/C22H20N4O/c1-14-19-13-24-26(20-5-3-4-12-23-20)22(27)21(19)15(2)25(14)18-10-8-17(9-11-18)16-6-7-16/h3-5,8-13,16H,6-7H2,1-2H3. The number of aryl methyl sites for hydroxylation is 2. The van der Waals surface area contributed by atoms with Crippen LogP contribution in [0.1, 0.15) is 35.7 Å². The first-order chi connectivity index (χ1) is 13.1. The lowest BCUT2D eigenvalue weighted by Gasteiger charge is -2.10. The molecule has 1 saturated carbocycles. The number of rotatable bonds is 3. The summed E-state index contributed by atoms with van der Waals surface area (Å²) in [5.74, 6) is 1.27. The van der Waals surface area contributed by atoms with E-state index in [4.69, 9.17) is 0 Å². The highest BCUT2D eigenvalue weighted by Gasteiger charge is 2.23. The highest BCUT2D eigenvalue weighted by molar-refractivity contribution is 5.88. The molecule has 1 aliphatic rings. The average Bonchev–Trinajstić information content (AvgIpc) is 3.50. The van der Waals surface area contributed by atoms with Gasteiger partial charge in [-0.05, 0) is 62.4 Å². The van der Waals surface area contributed by atoms with E-state index in [0.29, 0.717) is 11.2 Å². The summed E-state index contributed by atoms with van der Waals surface area (Å²) in [6, 6.07) is 14.2. The Labute approximate surface area is 156 Å². The predicted octanol–water partition coefficient (Wildman–Crippen LogP) is 4.07. The van der Waals surface area contributed by atoms with Gasteiger partial charge in [0.25, 0.3) is 5.56 Å². The molecule has 0 spiro atoms. The van der Waals surface area contributed by atoms with E-state index in [-0.39, 0.29) is 5.56 Å². The largest absolute Gasteiger partial charge is 0.317 e. The first kappa shape index (κ1) is 16.0. The Hall–Kier alpha value is -3.21. The van der Waals surface area contributed by atoms with Crippen molar-refractivity contribution in [2.75, 3.05) is 0 Å². The molecule has 5 rings (SSSR count). The Morgan fingerprint density at radius 3 is 2.44 bits per heavy atom. The Balaban J connectivity index is 1.70. The Morgan fingerprint density at radius 2 is 1.78 bits per heavy atom. The van der Waals surface area contributed by atoms with Crippen LogP contribution in [-0.2, 0) is 0 Å². The van der Waals surface area contributed by atoms with Crippen LogP contribution >= 0.6 is 0 Å². The smallest absolute Gasteiger partial charge is 0.282 e. The fourth-order valence-corrected chi connectivity index (χ4v) is 3.90. The van der Waals surface area contributed by atoms with Crippen molar-refractivity contribution in [2.24, 2.45) is 0 Å². The van der Waals surface area contributed by atoms with E-state index in [1.807, 2.05) is 26.0 Å². The van der Waals surface area contributed by atoms with Crippen LogP contribution in [0.3, 0.4) is 0 Å². The van der Waals surface area contributed by atoms with Crippen molar-refractivity contribution in [1.82, 2.24) is 19.3 Å². The van der Waals surface area contributed by atoms with Gasteiger partial charge in [0, 0.05) is 28.7 Å². The molecule has 4 aromatic rings. The summed E-state index contributed by atoms with van der Waals surface area (Å²) >= 11 is 0. The molecule has 5 nitrogen and oxygen atoms in total. The molecule has 1 aromatic carbocycles. The van der Waals surface area contributed by atoms with E-state index in [9.17, 15) is 4.79 Å². The van der Waals surface area contributed by atoms with E-state index < -0.39 is 0 Å². The van der Waals surface area contributed by atoms with Crippen molar-refractivity contribution in [2.45, 2.75) is 32.6 Å². The summed E-state index contributed by atoms with van der Waals surface area (Å²) in [5.41, 5.74) is 4.30. The molecule has 27 heavy (non-hydrogen) atoms. The van der Waals surface area contributed by atoms with Gasteiger partial charge in [0.15, 0.2) is 5.82 Å². The van der Waals surface area contributed by atoms with E-state index in [0.717, 1.165) is 28.4 Å². The van der Waals surface area contributed by atoms with Crippen LogP contribution in [0.15, 0.2) is 59.7 Å². The van der Waals surface area contributed by atoms with Gasteiger partial charge in [-0.15, -0.1) is 0 Å². The molecule has 3 aromatic heterocycles. The zero-order chi connectivity index (χ0) is 18.5. The van der Waals surface area contributed by atoms with Crippen LogP contribution in [0.4, 0.5) is 0 Å². The molecular weight excluding hydrogens is 336 g/mol. The average molecular weight is 356 g/mol. The number of hydrogen-bond acceptors (Lipinski definition) is 3. The second-order valence-electron chi connectivity index (χ2n) is 7.21. The maximum Gasteiger partial charge on any atom is 0.282 e. The zero-order valence-electron chi connectivity index (χ0n) is 15.4. The van der Waals surface area contributed by atoms with Gasteiger partial charge >= 0.3 is 0 Å². The van der Waals surface area contributed by atoms with Crippen LogP contribution in [-0.4, -0.2) is 19.3 Å². The summed E-state index contributed by atoms with van der Waals surface area (Å²) < 4.78 is 3.52. The van der Waals surface area contributed by atoms with Gasteiger partial charge in [0.05, 0.1) is 11.6 Å². The molecule has 0 bridgehead atoms. The third-order valence-electron chi connectivity index (χ3n) is 5.47. The van der Waals surface area contributed by atoms with Gasteiger partial charge in [-0.25, -0.2) is 4.98 Å². The summed E-state index contributed by atoms with van der Waals surface area (Å²) in [6.07, 6.45) is 6.02. The molecule has 0 N–H and O–H groups in total. The monoisotopic (exact) mass is 356 g/mol. The minimum absolute atomic E-state index is 0.139. The quantitative estimate of drug-likeness (QED) is 0.556. The van der Waals surface area contributed by atoms with Crippen molar-refractivity contribution in [1.29, 1.82) is 0 Å². The molecule has 0 atom stereocenters. The third kappa shape index (κ3) is 2.50. The Morgan fingerprint density at radius 1 is 1.00 bits per heavy atom. The number of hydrogen-bond donors (Lipinski definition) is 0. The second-order valence-corrected chi connectivity index (χ2v) is 7.21. The third-order valence-corrected chi connectivity index (χ3v) is 5.47. The first-order valence-corrected chi connectivity index (χ1v) is 9.27. The lowest BCUT2D eigenvalue weighted by atomic mass is 10.1. The molecule has 3 heterocycles. The molecule has 1 fully saturated rings. The normalized spacial score (nSPS) is 14.0. The van der Waals surface area contributed by atoms with E-state index in [1.165, 1.54) is 23.1 Å². The van der Waals surface area contributed by atoms with Gasteiger partial charge in [0.1, 0.15) is 0 Å². The summed E-state index contributed by atoms with van der Waals surface area (Å²) in [4.78, 5) is 17.4. The van der Waals surface area contributed by atoms with Gasteiger partial charge in [0.2, 0.25) is 0 Å². The van der Waals surface area contributed by atoms with E-state index in [2.05, 4.69) is 38.9 Å². The van der Waals surface area contributed by atoms with Crippen molar-refractivity contribution in [3.05, 3.63) is 82.2 Å². The van der Waals surface area contributed by atoms with Crippen molar-refractivity contribution in [3.63, 3.8) is 0 Å². The molecule has 1 aliphatic carbocycles. The van der Waals surface area contributed by atoms with Gasteiger partial charge in [-0.1, -0.05) is 18.2 Å². The number of fused-ring (bicyclic) bond motifs is 1. The lowest BCUT2D eigenvalue weighted by Crippen LogP contribution is -2.21. The maximum absolute atomic E-state index is 13.1. The van der Waals surface area contributed by atoms with Crippen LogP contribution in [0, 0.1) is 13.8 Å². The summed E-state index contributed by atoms with van der Waals surface area (Å²) in [7, 11) is 0. The molecule has 0 saturated heterocycles. The fourth-order valence-electron chi connectivity index (χ4n) is 3.90. The molecule has 0 unspecified atom stereocenters. The number of benzene rings is 1. The SMILES string of the molecule is Cc1c2cnn(-c3ccccn3)c(=O)c2c(C)n1-c1ccc(C2CC2)cc1. The second kappa shape index (κ2) is 5.91. The van der Waals surface area contributed by atoms with Crippen LogP contribution < -0.4 is 5.56 Å². The van der Waals surface area contributed by atoms with Crippen molar-refractivity contribution in [3.8, 4) is 11.5 Å². The first-order valence-electron chi connectivity index (χ1n) is 9.27. The van der Waals surface area contributed by atoms with Gasteiger partial charge in [-0.3, -0.25) is 4.79 Å². The topological polar surface area (TPSA) is 52.7 Å². The predicted molar refractivity (Wildman–Crippen MR) is 106 cm³/mol. The molecule has 134 valence electrons. The van der Waals surface area contributed by atoms with Gasteiger partial charge in [-0.2, -0.15) is 9.78 Å². The molecule has 0 aliphatic heterocycles. The van der Waals surface area contributed by atoms with Crippen LogP contribution in [0.5, 0.6) is 0 Å². The van der Waals surface area contributed by atoms with Crippen LogP contribution in [0.25, 0.3) is 22.3 Å². The maximum atomic E-state index is 13.1. The highest BCUT2D eigenvalue weighted by Crippen LogP contribution is 2.40. The Kier molecular flexibility index (Phi) is 3.50. The minimum atomic E-state index is -0.139. The highest BCUT2D eigenvalue weighted by atomic mass is 16.1. The fraction of sp³-hybridized carbons (Fsp3) is 0.227. The number of nitrogens with zero attached hydrogens (tertiary/aromatic N) is 4. The number of aromatic nitrogens is 4. The van der Waals surface area contributed by atoms with Crippen molar-refractivity contribution >= 4 is 10.8 Å². The molecular formula is C22H20N4O. The lowest BCUT2D eigenvalue weighted by molar-refractivity contribution is 0.794. The zero-order valence-corrected chi connectivity index (χ0v) is 15.4.